The summed E-state index contributed by atoms with van der Waals surface area (Å²) in [5, 5.41) is 2.72. The molecule has 0 unspecified atom stereocenters. The Morgan fingerprint density at radius 3 is 2.39 bits per heavy atom. The highest BCUT2D eigenvalue weighted by Gasteiger charge is 2.27. The number of carbonyl (C=O) groups is 4. The molecule has 0 spiro atoms. The van der Waals surface area contributed by atoms with Crippen LogP contribution in [-0.4, -0.2) is 30.0 Å². The summed E-state index contributed by atoms with van der Waals surface area (Å²) in [4.78, 5) is 47.7. The number of carbonyl (C=O) groups excluding carboxylic acids is 4. The maximum absolute atomic E-state index is 12.9. The maximum atomic E-state index is 12.9. The molecular formula is C21H18FNO5. The van der Waals surface area contributed by atoms with Gasteiger partial charge in [0.05, 0.1) is 12.3 Å². The Morgan fingerprint density at radius 2 is 1.68 bits per heavy atom. The molecule has 3 rings (SSSR count). The van der Waals surface area contributed by atoms with Crippen LogP contribution in [0.25, 0.3) is 0 Å². The van der Waals surface area contributed by atoms with Crippen LogP contribution in [0.5, 0.6) is 0 Å². The second-order valence-corrected chi connectivity index (χ2v) is 6.53. The van der Waals surface area contributed by atoms with Crippen molar-refractivity contribution in [2.45, 2.75) is 25.7 Å². The van der Waals surface area contributed by atoms with Gasteiger partial charge >= 0.3 is 5.97 Å². The van der Waals surface area contributed by atoms with Gasteiger partial charge in [-0.2, -0.15) is 0 Å². The van der Waals surface area contributed by atoms with E-state index in [1.807, 2.05) is 0 Å². The van der Waals surface area contributed by atoms with Crippen LogP contribution in [0.1, 0.15) is 52.0 Å². The summed E-state index contributed by atoms with van der Waals surface area (Å²) in [6, 6.07) is 9.86. The number of ether oxygens (including phenoxy) is 1. The van der Waals surface area contributed by atoms with E-state index in [-0.39, 0.29) is 30.4 Å². The molecule has 0 bridgehead atoms. The van der Waals surface area contributed by atoms with E-state index < -0.39 is 24.2 Å². The first kappa shape index (κ1) is 19.4. The Kier molecular flexibility index (Phi) is 5.63. The SMILES string of the molecule is C[C@@H]1C(=O)Nc2ccc(C(=O)COC(=O)CCC(=O)c3ccc(F)cc3)cc21. The number of halogens is 1. The summed E-state index contributed by atoms with van der Waals surface area (Å²) >= 11 is 0. The number of anilines is 1. The fourth-order valence-corrected chi connectivity index (χ4v) is 2.89. The third-order valence-corrected chi connectivity index (χ3v) is 4.58. The van der Waals surface area contributed by atoms with Crippen molar-refractivity contribution in [3.05, 3.63) is 65.0 Å². The first-order valence-corrected chi connectivity index (χ1v) is 8.77. The molecular weight excluding hydrogens is 365 g/mol. The minimum Gasteiger partial charge on any atom is -0.457 e. The lowest BCUT2D eigenvalue weighted by Gasteiger charge is -2.07. The summed E-state index contributed by atoms with van der Waals surface area (Å²) in [5.41, 5.74) is 2.05. The predicted octanol–water partition coefficient (Wildman–Crippen LogP) is 3.27. The molecule has 28 heavy (non-hydrogen) atoms. The van der Waals surface area contributed by atoms with Crippen molar-refractivity contribution in [2.75, 3.05) is 11.9 Å². The highest BCUT2D eigenvalue weighted by Crippen LogP contribution is 2.32. The highest BCUT2D eigenvalue weighted by atomic mass is 19.1. The summed E-state index contributed by atoms with van der Waals surface area (Å²) in [7, 11) is 0. The molecule has 2 aromatic rings. The van der Waals surface area contributed by atoms with Gasteiger partial charge in [-0.05, 0) is 55.0 Å². The fourth-order valence-electron chi connectivity index (χ4n) is 2.89. The molecule has 7 heteroatoms. The molecule has 0 aliphatic carbocycles. The van der Waals surface area contributed by atoms with E-state index in [0.717, 1.165) is 5.56 Å². The molecule has 1 heterocycles. The normalized spacial score (nSPS) is 14.9. The number of fused-ring (bicyclic) bond motifs is 1. The quantitative estimate of drug-likeness (QED) is 0.585. The maximum Gasteiger partial charge on any atom is 0.306 e. The topological polar surface area (TPSA) is 89.5 Å². The average Bonchev–Trinajstić information content (AvgIpc) is 2.98. The van der Waals surface area contributed by atoms with Crippen molar-refractivity contribution < 1.29 is 28.3 Å². The zero-order chi connectivity index (χ0) is 20.3. The minimum atomic E-state index is -0.671. The zero-order valence-corrected chi connectivity index (χ0v) is 15.2. The lowest BCUT2D eigenvalue weighted by atomic mass is 9.99. The zero-order valence-electron chi connectivity index (χ0n) is 15.2. The third kappa shape index (κ3) is 4.31. The Balaban J connectivity index is 1.49. The summed E-state index contributed by atoms with van der Waals surface area (Å²) in [6.45, 7) is 1.30. The molecule has 1 amide bonds. The van der Waals surface area contributed by atoms with Crippen LogP contribution in [-0.2, 0) is 14.3 Å². The number of benzene rings is 2. The molecule has 0 aromatic heterocycles. The first-order chi connectivity index (χ1) is 13.3. The minimum absolute atomic E-state index is 0.0944. The average molecular weight is 383 g/mol. The smallest absolute Gasteiger partial charge is 0.306 e. The van der Waals surface area contributed by atoms with Crippen molar-refractivity contribution in [3.63, 3.8) is 0 Å². The van der Waals surface area contributed by atoms with E-state index >= 15 is 0 Å². The van der Waals surface area contributed by atoms with Gasteiger partial charge in [0.1, 0.15) is 5.82 Å². The largest absolute Gasteiger partial charge is 0.457 e. The van der Waals surface area contributed by atoms with E-state index in [0.29, 0.717) is 16.8 Å². The van der Waals surface area contributed by atoms with Crippen LogP contribution in [0.3, 0.4) is 0 Å². The molecule has 1 aliphatic heterocycles. The summed E-state index contributed by atoms with van der Waals surface area (Å²) < 4.78 is 17.8. The molecule has 6 nitrogen and oxygen atoms in total. The second-order valence-electron chi connectivity index (χ2n) is 6.53. The number of Topliss-reactive ketones (excluding diaryl/α,β-unsaturated/α-hetero) is 2. The Hall–Kier alpha value is -3.35. The van der Waals surface area contributed by atoms with Gasteiger partial charge in [0, 0.05) is 23.2 Å². The number of ketones is 2. The molecule has 2 aromatic carbocycles. The van der Waals surface area contributed by atoms with E-state index in [2.05, 4.69) is 5.32 Å². The Labute approximate surface area is 160 Å². The number of esters is 1. The molecule has 0 saturated carbocycles. The van der Waals surface area contributed by atoms with E-state index in [4.69, 9.17) is 4.74 Å². The van der Waals surface area contributed by atoms with Gasteiger partial charge in [-0.3, -0.25) is 19.2 Å². The summed E-state index contributed by atoms with van der Waals surface area (Å²) in [6.07, 6.45) is -0.272. The van der Waals surface area contributed by atoms with Crippen molar-refractivity contribution in [1.82, 2.24) is 0 Å². The van der Waals surface area contributed by atoms with Crippen molar-refractivity contribution in [3.8, 4) is 0 Å². The lowest BCUT2D eigenvalue weighted by Crippen LogP contribution is -2.15. The van der Waals surface area contributed by atoms with Crippen LogP contribution in [0.15, 0.2) is 42.5 Å². The van der Waals surface area contributed by atoms with Crippen LogP contribution >= 0.6 is 0 Å². The van der Waals surface area contributed by atoms with Crippen LogP contribution in [0.2, 0.25) is 0 Å². The number of rotatable bonds is 7. The monoisotopic (exact) mass is 383 g/mol. The van der Waals surface area contributed by atoms with Gasteiger partial charge in [0.2, 0.25) is 5.91 Å². The number of nitrogens with one attached hydrogen (secondary N) is 1. The molecule has 1 aliphatic rings. The summed E-state index contributed by atoms with van der Waals surface area (Å²) in [5.74, 6) is -2.30. The molecule has 0 fully saturated rings. The van der Waals surface area contributed by atoms with Gasteiger partial charge in [-0.1, -0.05) is 0 Å². The fraction of sp³-hybridized carbons (Fsp3) is 0.238. The van der Waals surface area contributed by atoms with Gasteiger partial charge in [0.15, 0.2) is 18.2 Å². The lowest BCUT2D eigenvalue weighted by molar-refractivity contribution is -0.142. The van der Waals surface area contributed by atoms with E-state index in [1.54, 1.807) is 25.1 Å². The van der Waals surface area contributed by atoms with Gasteiger partial charge < -0.3 is 10.1 Å². The molecule has 1 atom stereocenters. The molecule has 144 valence electrons. The standard InChI is InChI=1S/C21H18FNO5/c1-12-16-10-14(4-7-17(16)23-21(12)27)19(25)11-28-20(26)9-8-18(24)13-2-5-15(22)6-3-13/h2-7,10,12H,8-9,11H2,1H3,(H,23,27)/t12-/m0/s1. The second kappa shape index (κ2) is 8.12. The van der Waals surface area contributed by atoms with Gasteiger partial charge in [-0.25, -0.2) is 4.39 Å². The van der Waals surface area contributed by atoms with Crippen LogP contribution in [0, 0.1) is 5.82 Å². The van der Waals surface area contributed by atoms with E-state index in [9.17, 15) is 23.6 Å². The number of hydrogen-bond acceptors (Lipinski definition) is 5. The Bertz CT molecular complexity index is 952. The predicted molar refractivity (Wildman–Crippen MR) is 98.7 cm³/mol. The number of hydrogen-bond donors (Lipinski definition) is 1. The highest BCUT2D eigenvalue weighted by molar-refractivity contribution is 6.05. The third-order valence-electron chi connectivity index (χ3n) is 4.58. The van der Waals surface area contributed by atoms with E-state index in [1.165, 1.54) is 24.3 Å². The molecule has 0 saturated heterocycles. The Morgan fingerprint density at radius 1 is 1.00 bits per heavy atom. The van der Waals surface area contributed by atoms with Gasteiger partial charge in [0.25, 0.3) is 0 Å². The van der Waals surface area contributed by atoms with Crippen molar-refractivity contribution in [1.29, 1.82) is 0 Å². The molecule has 0 radical (unpaired) electrons. The van der Waals surface area contributed by atoms with Crippen molar-refractivity contribution in [2.24, 2.45) is 0 Å². The first-order valence-electron chi connectivity index (χ1n) is 8.77. The van der Waals surface area contributed by atoms with Crippen molar-refractivity contribution >= 4 is 29.1 Å². The van der Waals surface area contributed by atoms with Gasteiger partial charge in [-0.15, -0.1) is 0 Å². The van der Waals surface area contributed by atoms with Crippen LogP contribution < -0.4 is 5.32 Å². The van der Waals surface area contributed by atoms with Crippen LogP contribution in [0.4, 0.5) is 10.1 Å². The number of amides is 1. The molecule has 1 N–H and O–H groups in total.